The highest BCUT2D eigenvalue weighted by Gasteiger charge is 2.23. The van der Waals surface area contributed by atoms with Gasteiger partial charge in [-0.1, -0.05) is 18.2 Å². The third kappa shape index (κ3) is 5.27. The highest BCUT2D eigenvalue weighted by atomic mass is 16.5. The predicted octanol–water partition coefficient (Wildman–Crippen LogP) is 2.73. The van der Waals surface area contributed by atoms with Gasteiger partial charge in [0.15, 0.2) is 0 Å². The van der Waals surface area contributed by atoms with E-state index < -0.39 is 5.97 Å². The Kier molecular flexibility index (Phi) is 6.44. The van der Waals surface area contributed by atoms with Crippen LogP contribution in [0.1, 0.15) is 37.7 Å². The summed E-state index contributed by atoms with van der Waals surface area (Å²) in [4.78, 5) is 25.0. The average Bonchev–Trinajstić information content (AvgIpc) is 2.58. The number of aliphatic carboxylic acids is 1. The zero-order valence-electron chi connectivity index (χ0n) is 13.7. The van der Waals surface area contributed by atoms with Gasteiger partial charge in [-0.2, -0.15) is 0 Å². The Hall–Kier alpha value is -2.04. The van der Waals surface area contributed by atoms with Crippen molar-refractivity contribution in [1.82, 2.24) is 4.90 Å². The van der Waals surface area contributed by atoms with Crippen molar-refractivity contribution in [3.05, 3.63) is 29.8 Å². The van der Waals surface area contributed by atoms with Crippen molar-refractivity contribution in [2.45, 2.75) is 38.5 Å². The second-order valence-corrected chi connectivity index (χ2v) is 6.09. The van der Waals surface area contributed by atoms with Crippen LogP contribution in [-0.2, 0) is 16.0 Å². The van der Waals surface area contributed by atoms with Gasteiger partial charge in [0.05, 0.1) is 7.11 Å². The van der Waals surface area contributed by atoms with E-state index >= 15 is 0 Å². The maximum absolute atomic E-state index is 12.4. The number of piperidine rings is 1. The molecule has 0 aliphatic carbocycles. The van der Waals surface area contributed by atoms with Crippen molar-refractivity contribution in [1.29, 1.82) is 0 Å². The summed E-state index contributed by atoms with van der Waals surface area (Å²) in [5, 5.41) is 8.79. The molecular weight excluding hydrogens is 294 g/mol. The van der Waals surface area contributed by atoms with Gasteiger partial charge in [0.2, 0.25) is 5.91 Å². The van der Waals surface area contributed by atoms with Gasteiger partial charge in [0.25, 0.3) is 0 Å². The fourth-order valence-electron chi connectivity index (χ4n) is 3.16. The molecule has 1 atom stereocenters. The van der Waals surface area contributed by atoms with Crippen molar-refractivity contribution in [3.63, 3.8) is 0 Å². The number of benzene rings is 1. The zero-order chi connectivity index (χ0) is 16.7. The van der Waals surface area contributed by atoms with Crippen LogP contribution in [0.4, 0.5) is 0 Å². The Morgan fingerprint density at radius 3 is 2.83 bits per heavy atom. The van der Waals surface area contributed by atoms with Gasteiger partial charge >= 0.3 is 5.97 Å². The average molecular weight is 319 g/mol. The van der Waals surface area contributed by atoms with E-state index in [0.717, 1.165) is 30.7 Å². The first-order valence-electron chi connectivity index (χ1n) is 8.21. The Balaban J connectivity index is 1.84. The molecule has 1 N–H and O–H groups in total. The number of hydrogen-bond acceptors (Lipinski definition) is 3. The predicted molar refractivity (Wildman–Crippen MR) is 87.5 cm³/mol. The van der Waals surface area contributed by atoms with Gasteiger partial charge in [0, 0.05) is 25.9 Å². The number of amides is 1. The summed E-state index contributed by atoms with van der Waals surface area (Å²) < 4.78 is 5.31. The lowest BCUT2D eigenvalue weighted by Crippen LogP contribution is -2.40. The topological polar surface area (TPSA) is 66.8 Å². The molecule has 2 rings (SSSR count). The summed E-state index contributed by atoms with van der Waals surface area (Å²) in [6, 6.07) is 7.76. The minimum atomic E-state index is -0.760. The summed E-state index contributed by atoms with van der Waals surface area (Å²) in [5.74, 6) is 0.522. The number of rotatable bonds is 7. The summed E-state index contributed by atoms with van der Waals surface area (Å²) in [7, 11) is 1.64. The van der Waals surface area contributed by atoms with Gasteiger partial charge in [-0.3, -0.25) is 9.59 Å². The molecule has 1 aliphatic heterocycles. The van der Waals surface area contributed by atoms with Crippen LogP contribution in [0, 0.1) is 5.92 Å². The van der Waals surface area contributed by atoms with Gasteiger partial charge in [-0.15, -0.1) is 0 Å². The molecule has 0 radical (unpaired) electrons. The third-order valence-corrected chi connectivity index (χ3v) is 4.44. The maximum atomic E-state index is 12.4. The number of carboxylic acids is 1. The monoisotopic (exact) mass is 319 g/mol. The lowest BCUT2D eigenvalue weighted by molar-refractivity contribution is -0.137. The molecule has 126 valence electrons. The van der Waals surface area contributed by atoms with E-state index in [2.05, 4.69) is 0 Å². The van der Waals surface area contributed by atoms with E-state index in [0.29, 0.717) is 31.7 Å². The zero-order valence-corrected chi connectivity index (χ0v) is 13.7. The van der Waals surface area contributed by atoms with E-state index in [1.807, 2.05) is 29.2 Å². The molecule has 5 heteroatoms. The van der Waals surface area contributed by atoms with Gasteiger partial charge in [-0.05, 0) is 43.2 Å². The van der Waals surface area contributed by atoms with E-state index in [-0.39, 0.29) is 12.3 Å². The summed E-state index contributed by atoms with van der Waals surface area (Å²) in [5.41, 5.74) is 1.04. The molecule has 0 spiro atoms. The number of ether oxygens (including phenoxy) is 1. The number of aryl methyl sites for hydroxylation is 1. The highest BCUT2D eigenvalue weighted by Crippen LogP contribution is 2.23. The first kappa shape index (κ1) is 17.3. The first-order valence-corrected chi connectivity index (χ1v) is 8.21. The molecule has 23 heavy (non-hydrogen) atoms. The minimum Gasteiger partial charge on any atom is -0.496 e. The third-order valence-electron chi connectivity index (χ3n) is 4.44. The largest absolute Gasteiger partial charge is 0.496 e. The fraction of sp³-hybridized carbons (Fsp3) is 0.556. The van der Waals surface area contributed by atoms with Gasteiger partial charge < -0.3 is 14.7 Å². The SMILES string of the molecule is COc1ccccc1CCC(=O)N1CCCC(CCC(=O)O)C1. The van der Waals surface area contributed by atoms with Crippen molar-refractivity contribution >= 4 is 11.9 Å². The maximum Gasteiger partial charge on any atom is 0.303 e. The van der Waals surface area contributed by atoms with E-state index in [1.54, 1.807) is 7.11 Å². The number of carbonyl (C=O) groups excluding carboxylic acids is 1. The molecule has 1 heterocycles. The molecule has 1 aliphatic rings. The Labute approximate surface area is 137 Å². The smallest absolute Gasteiger partial charge is 0.303 e. The molecule has 1 fully saturated rings. The summed E-state index contributed by atoms with van der Waals surface area (Å²) in [6.07, 6.45) is 3.96. The van der Waals surface area contributed by atoms with Crippen molar-refractivity contribution in [2.24, 2.45) is 5.92 Å². The first-order chi connectivity index (χ1) is 11.1. The number of hydrogen-bond donors (Lipinski definition) is 1. The van der Waals surface area contributed by atoms with E-state index in [9.17, 15) is 9.59 Å². The van der Waals surface area contributed by atoms with Crippen LogP contribution in [0.15, 0.2) is 24.3 Å². The van der Waals surface area contributed by atoms with E-state index in [1.165, 1.54) is 0 Å². The van der Waals surface area contributed by atoms with Gasteiger partial charge in [0.1, 0.15) is 5.75 Å². The van der Waals surface area contributed by atoms with Crippen LogP contribution in [0.5, 0.6) is 5.75 Å². The van der Waals surface area contributed by atoms with Crippen molar-refractivity contribution in [2.75, 3.05) is 20.2 Å². The lowest BCUT2D eigenvalue weighted by atomic mass is 9.93. The molecular formula is C18H25NO4. The normalized spacial score (nSPS) is 17.8. The summed E-state index contributed by atoms with van der Waals surface area (Å²) >= 11 is 0. The number of carboxylic acid groups (broad SMARTS) is 1. The molecule has 0 bridgehead atoms. The molecule has 1 aromatic rings. The van der Waals surface area contributed by atoms with Gasteiger partial charge in [-0.25, -0.2) is 0 Å². The Morgan fingerprint density at radius 1 is 1.30 bits per heavy atom. The number of nitrogens with zero attached hydrogens (tertiary/aromatic N) is 1. The van der Waals surface area contributed by atoms with Crippen LogP contribution in [0.3, 0.4) is 0 Å². The molecule has 0 saturated carbocycles. The quantitative estimate of drug-likeness (QED) is 0.839. The number of likely N-dealkylation sites (tertiary alicyclic amines) is 1. The Bertz CT molecular complexity index is 544. The second-order valence-electron chi connectivity index (χ2n) is 6.09. The number of methoxy groups -OCH3 is 1. The Morgan fingerprint density at radius 2 is 2.09 bits per heavy atom. The van der Waals surface area contributed by atoms with Crippen LogP contribution >= 0.6 is 0 Å². The van der Waals surface area contributed by atoms with Crippen LogP contribution in [0.2, 0.25) is 0 Å². The molecule has 5 nitrogen and oxygen atoms in total. The number of para-hydroxylation sites is 1. The standard InChI is InChI=1S/C18H25NO4/c1-23-16-7-3-2-6-15(16)9-10-17(20)19-12-4-5-14(13-19)8-11-18(21)22/h2-3,6-7,14H,4-5,8-13H2,1H3,(H,21,22). The highest BCUT2D eigenvalue weighted by molar-refractivity contribution is 5.76. The van der Waals surface area contributed by atoms with Crippen LogP contribution < -0.4 is 4.74 Å². The second kappa shape index (κ2) is 8.56. The number of carbonyl (C=O) groups is 2. The lowest BCUT2D eigenvalue weighted by Gasteiger charge is -2.32. The van der Waals surface area contributed by atoms with Crippen molar-refractivity contribution < 1.29 is 19.4 Å². The molecule has 1 saturated heterocycles. The minimum absolute atomic E-state index is 0.149. The fourth-order valence-corrected chi connectivity index (χ4v) is 3.16. The molecule has 1 aromatic carbocycles. The summed E-state index contributed by atoms with van der Waals surface area (Å²) in [6.45, 7) is 1.48. The van der Waals surface area contributed by atoms with E-state index in [4.69, 9.17) is 9.84 Å². The molecule has 0 aromatic heterocycles. The van der Waals surface area contributed by atoms with Crippen LogP contribution in [-0.4, -0.2) is 42.1 Å². The van der Waals surface area contributed by atoms with Crippen LogP contribution in [0.25, 0.3) is 0 Å². The molecule has 1 unspecified atom stereocenters. The van der Waals surface area contributed by atoms with Crippen molar-refractivity contribution in [3.8, 4) is 5.75 Å². The molecule has 1 amide bonds.